The van der Waals surface area contributed by atoms with Crippen LogP contribution in [-0.4, -0.2) is 34.6 Å². The number of halogens is 5. The molecule has 0 saturated carbocycles. The van der Waals surface area contributed by atoms with Gasteiger partial charge in [-0.2, -0.15) is 13.2 Å². The van der Waals surface area contributed by atoms with Gasteiger partial charge in [-0.1, -0.05) is 61.0 Å². The Labute approximate surface area is 272 Å². The maximum Gasteiger partial charge on any atom is 0.416 e. The predicted molar refractivity (Wildman–Crippen MR) is 166 cm³/mol. The van der Waals surface area contributed by atoms with Crippen LogP contribution in [0.5, 0.6) is 5.75 Å². The van der Waals surface area contributed by atoms with Crippen LogP contribution >= 0.6 is 55.0 Å². The smallest absolute Gasteiger partial charge is 0.416 e. The normalized spacial score (nSPS) is 19.5. The number of imide groups is 1. The van der Waals surface area contributed by atoms with E-state index in [1.807, 2.05) is 0 Å². The minimum absolute atomic E-state index is 0.0542. The lowest BCUT2D eigenvalue weighted by Crippen LogP contribution is -2.32. The summed E-state index contributed by atoms with van der Waals surface area (Å²) in [6.07, 6.45) is -4.58. The van der Waals surface area contributed by atoms with E-state index in [0.717, 1.165) is 44.6 Å². The van der Waals surface area contributed by atoms with E-state index < -0.39 is 53.2 Å². The van der Waals surface area contributed by atoms with Crippen LogP contribution in [-0.2, 0) is 20.6 Å². The highest BCUT2D eigenvalue weighted by molar-refractivity contribution is 9.10. The number of ether oxygens (including phenoxy) is 1. The van der Waals surface area contributed by atoms with E-state index in [2.05, 4.69) is 42.2 Å². The average molecular weight is 769 g/mol. The molecule has 0 bridgehead atoms. The van der Waals surface area contributed by atoms with Gasteiger partial charge in [0, 0.05) is 31.0 Å². The molecule has 3 heterocycles. The number of alkyl halides is 3. The molecular formula is C29H18Br2F3N3O5S2. The fourth-order valence-corrected chi connectivity index (χ4v) is 8.35. The Balaban J connectivity index is 1.33. The number of nitrogens with one attached hydrogen (secondary N) is 2. The van der Waals surface area contributed by atoms with E-state index in [1.165, 1.54) is 12.1 Å². The second-order valence-electron chi connectivity index (χ2n) is 9.84. The molecule has 0 aliphatic carbocycles. The number of fused-ring (bicyclic) bond motifs is 2. The number of anilines is 2. The van der Waals surface area contributed by atoms with E-state index >= 15 is 0 Å². The van der Waals surface area contributed by atoms with Crippen molar-refractivity contribution in [1.82, 2.24) is 4.98 Å². The van der Waals surface area contributed by atoms with E-state index in [1.54, 1.807) is 42.5 Å². The van der Waals surface area contributed by atoms with E-state index in [4.69, 9.17) is 4.74 Å². The lowest BCUT2D eigenvalue weighted by molar-refractivity contribution is -0.137. The molecule has 2 N–H and O–H groups in total. The highest BCUT2D eigenvalue weighted by Crippen LogP contribution is 2.54. The SMILES string of the molecule is O=C(COc1ccc(Br)cc1[C@@H]1c2sc(=O)[nH]c2S[C@H]2C(=O)N(c3ccc(Br)cc3)C(=O)[C@@H]12)Nc1cccc(C(F)(F)F)c1. The third kappa shape index (κ3) is 5.85. The van der Waals surface area contributed by atoms with Gasteiger partial charge in [0.15, 0.2) is 6.61 Å². The summed E-state index contributed by atoms with van der Waals surface area (Å²) < 4.78 is 46.6. The van der Waals surface area contributed by atoms with Crippen LogP contribution < -0.4 is 19.8 Å². The van der Waals surface area contributed by atoms with E-state index in [9.17, 15) is 32.3 Å². The molecule has 1 fully saturated rings. The molecule has 3 aromatic carbocycles. The first-order chi connectivity index (χ1) is 20.9. The highest BCUT2D eigenvalue weighted by atomic mass is 79.9. The zero-order chi connectivity index (χ0) is 31.3. The van der Waals surface area contributed by atoms with Crippen molar-refractivity contribution in [2.24, 2.45) is 5.92 Å². The van der Waals surface area contributed by atoms with Crippen LogP contribution in [0.2, 0.25) is 0 Å². The summed E-state index contributed by atoms with van der Waals surface area (Å²) in [7, 11) is 0. The second-order valence-corrected chi connectivity index (χ2v) is 13.8. The van der Waals surface area contributed by atoms with Crippen LogP contribution in [0.3, 0.4) is 0 Å². The van der Waals surface area contributed by atoms with Gasteiger partial charge in [-0.15, -0.1) is 0 Å². The topological polar surface area (TPSA) is 109 Å². The van der Waals surface area contributed by atoms with Crippen molar-refractivity contribution in [2.45, 2.75) is 22.4 Å². The first-order valence-electron chi connectivity index (χ1n) is 12.8. The molecule has 15 heteroatoms. The van der Waals surface area contributed by atoms with Crippen molar-refractivity contribution in [3.8, 4) is 5.75 Å². The van der Waals surface area contributed by atoms with Crippen molar-refractivity contribution in [1.29, 1.82) is 0 Å². The van der Waals surface area contributed by atoms with Gasteiger partial charge < -0.3 is 15.0 Å². The van der Waals surface area contributed by atoms with E-state index in [0.29, 0.717) is 25.6 Å². The number of H-pyrrole nitrogens is 1. The Morgan fingerprint density at radius 2 is 1.70 bits per heavy atom. The van der Waals surface area contributed by atoms with Crippen LogP contribution in [0.1, 0.15) is 21.9 Å². The number of aromatic nitrogens is 1. The first-order valence-corrected chi connectivity index (χ1v) is 16.1. The number of nitrogens with zero attached hydrogens (tertiary/aromatic N) is 1. The van der Waals surface area contributed by atoms with Crippen LogP contribution in [0, 0.1) is 5.92 Å². The Morgan fingerprint density at radius 3 is 2.43 bits per heavy atom. The van der Waals surface area contributed by atoms with Gasteiger partial charge in [-0.05, 0) is 60.7 Å². The summed E-state index contributed by atoms with van der Waals surface area (Å²) in [6, 6.07) is 15.9. The number of benzene rings is 3. The lowest BCUT2D eigenvalue weighted by Gasteiger charge is -2.31. The molecule has 226 valence electrons. The van der Waals surface area contributed by atoms with Crippen molar-refractivity contribution in [3.05, 3.63) is 101 Å². The number of thioether (sulfide) groups is 1. The number of hydrogen-bond acceptors (Lipinski definition) is 7. The molecule has 1 aromatic heterocycles. The largest absolute Gasteiger partial charge is 0.483 e. The van der Waals surface area contributed by atoms with Crippen molar-refractivity contribution in [3.63, 3.8) is 0 Å². The lowest BCUT2D eigenvalue weighted by atomic mass is 9.82. The summed E-state index contributed by atoms with van der Waals surface area (Å²) >= 11 is 8.86. The van der Waals surface area contributed by atoms with Crippen molar-refractivity contribution < 1.29 is 32.3 Å². The molecular weight excluding hydrogens is 751 g/mol. The quantitative estimate of drug-likeness (QED) is 0.209. The summed E-state index contributed by atoms with van der Waals surface area (Å²) in [6.45, 7) is -0.561. The number of aromatic amines is 1. The highest BCUT2D eigenvalue weighted by Gasteiger charge is 2.56. The molecule has 1 saturated heterocycles. The molecule has 4 aromatic rings. The Bertz CT molecular complexity index is 1860. The first kappa shape index (κ1) is 30.6. The minimum Gasteiger partial charge on any atom is -0.483 e. The summed E-state index contributed by atoms with van der Waals surface area (Å²) in [5, 5.41) is 2.03. The van der Waals surface area contributed by atoms with Gasteiger partial charge in [0.25, 0.3) is 5.91 Å². The number of hydrogen-bond donors (Lipinski definition) is 2. The molecule has 3 amide bonds. The third-order valence-corrected chi connectivity index (χ3v) is 10.5. The summed E-state index contributed by atoms with van der Waals surface area (Å²) in [4.78, 5) is 57.0. The Kier molecular flexibility index (Phi) is 8.24. The Hall–Kier alpha value is -3.40. The van der Waals surface area contributed by atoms with Gasteiger partial charge >= 0.3 is 11.0 Å². The molecule has 0 unspecified atom stereocenters. The third-order valence-electron chi connectivity index (χ3n) is 7.05. The fraction of sp³-hybridized carbons (Fsp3) is 0.172. The molecule has 44 heavy (non-hydrogen) atoms. The maximum absolute atomic E-state index is 14.0. The molecule has 0 spiro atoms. The second kappa shape index (κ2) is 11.8. The van der Waals surface area contributed by atoms with Gasteiger partial charge in [-0.3, -0.25) is 19.2 Å². The summed E-state index contributed by atoms with van der Waals surface area (Å²) in [5.74, 6) is -3.05. The number of carbonyl (C=O) groups is 3. The predicted octanol–water partition coefficient (Wildman–Crippen LogP) is 6.79. The van der Waals surface area contributed by atoms with Gasteiger partial charge in [-0.25, -0.2) is 4.90 Å². The number of carbonyl (C=O) groups excluding carboxylic acids is 3. The van der Waals surface area contributed by atoms with Crippen LogP contribution in [0.25, 0.3) is 0 Å². The van der Waals surface area contributed by atoms with Crippen LogP contribution in [0.4, 0.5) is 24.5 Å². The van der Waals surface area contributed by atoms with Gasteiger partial charge in [0.1, 0.15) is 11.0 Å². The summed E-state index contributed by atoms with van der Waals surface area (Å²) in [5.41, 5.74) is -0.102. The molecule has 3 atom stereocenters. The number of thiazole rings is 1. The molecule has 0 radical (unpaired) electrons. The van der Waals surface area contributed by atoms with E-state index in [-0.39, 0.29) is 16.3 Å². The fourth-order valence-electron chi connectivity index (χ4n) is 5.20. The van der Waals surface area contributed by atoms with Crippen LogP contribution in [0.15, 0.2) is 85.5 Å². The molecule has 2 aliphatic heterocycles. The number of amides is 3. The average Bonchev–Trinajstić information content (AvgIpc) is 3.46. The van der Waals surface area contributed by atoms with Gasteiger partial charge in [0.05, 0.1) is 22.2 Å². The Morgan fingerprint density at radius 1 is 0.977 bits per heavy atom. The van der Waals surface area contributed by atoms with Crippen molar-refractivity contribution >= 4 is 84.1 Å². The van der Waals surface area contributed by atoms with Gasteiger partial charge in [0.2, 0.25) is 11.8 Å². The van der Waals surface area contributed by atoms with Crippen molar-refractivity contribution in [2.75, 3.05) is 16.8 Å². The molecule has 8 nitrogen and oxygen atoms in total. The molecule has 2 aliphatic rings. The maximum atomic E-state index is 14.0. The standard InChI is InChI=1S/C29H18Br2F3N3O5S2/c30-14-4-7-17(8-5-14)37-26(39)22-21(23-25(36-28(41)44-23)43-24(22)27(37)40)18-11-15(31)6-9-19(18)42-12-20(38)35-16-3-1-2-13(10-16)29(32,33)34/h1-11,21-22,24H,12H2,(H,35,38)(H,36,41)/t21-,22-,24+/m0/s1. The zero-order valence-electron chi connectivity index (χ0n) is 22.0. The molecule has 6 rings (SSSR count). The number of rotatable bonds is 6. The zero-order valence-corrected chi connectivity index (χ0v) is 26.8. The minimum atomic E-state index is -4.58. The monoisotopic (exact) mass is 767 g/mol.